The highest BCUT2D eigenvalue weighted by Crippen LogP contribution is 2.41. The Labute approximate surface area is 106 Å². The molecular formula is C13H18N2OS. The third-order valence-electron chi connectivity index (χ3n) is 3.51. The summed E-state index contributed by atoms with van der Waals surface area (Å²) < 4.78 is 0. The number of benzene rings is 1. The molecular weight excluding hydrogens is 232 g/mol. The molecule has 0 aromatic heterocycles. The van der Waals surface area contributed by atoms with Gasteiger partial charge < -0.3 is 10.4 Å². The van der Waals surface area contributed by atoms with Crippen molar-refractivity contribution in [2.75, 3.05) is 32.7 Å². The van der Waals surface area contributed by atoms with Crippen molar-refractivity contribution in [3.05, 3.63) is 23.8 Å². The van der Waals surface area contributed by atoms with Crippen LogP contribution in [-0.2, 0) is 6.42 Å². The van der Waals surface area contributed by atoms with Gasteiger partial charge in [0.05, 0.1) is 0 Å². The van der Waals surface area contributed by atoms with Gasteiger partial charge in [0.25, 0.3) is 0 Å². The van der Waals surface area contributed by atoms with Crippen molar-refractivity contribution in [3.63, 3.8) is 0 Å². The first-order valence-electron chi connectivity index (χ1n) is 6.23. The number of piperazine rings is 1. The summed E-state index contributed by atoms with van der Waals surface area (Å²) in [6.07, 6.45) is 1.01. The van der Waals surface area contributed by atoms with Crippen molar-refractivity contribution in [1.82, 2.24) is 10.2 Å². The van der Waals surface area contributed by atoms with E-state index in [1.54, 1.807) is 6.07 Å². The van der Waals surface area contributed by atoms with Crippen LogP contribution < -0.4 is 5.32 Å². The van der Waals surface area contributed by atoms with E-state index in [-0.39, 0.29) is 0 Å². The van der Waals surface area contributed by atoms with Gasteiger partial charge >= 0.3 is 0 Å². The molecule has 2 N–H and O–H groups in total. The van der Waals surface area contributed by atoms with Gasteiger partial charge in [-0.1, -0.05) is 6.07 Å². The number of aromatic hydroxyl groups is 1. The summed E-state index contributed by atoms with van der Waals surface area (Å²) in [7, 11) is 0. The van der Waals surface area contributed by atoms with Gasteiger partial charge in [-0.2, -0.15) is 0 Å². The van der Waals surface area contributed by atoms with Gasteiger partial charge in [0.15, 0.2) is 0 Å². The Bertz CT molecular complexity index is 404. The zero-order valence-corrected chi connectivity index (χ0v) is 10.7. The number of hydrogen-bond donors (Lipinski definition) is 2. The number of hydrogen-bond acceptors (Lipinski definition) is 4. The molecule has 0 saturated carbocycles. The molecule has 0 amide bonds. The second kappa shape index (κ2) is 4.88. The third-order valence-corrected chi connectivity index (χ3v) is 4.79. The lowest BCUT2D eigenvalue weighted by atomic mass is 10.1. The largest absolute Gasteiger partial charge is 0.508 e. The van der Waals surface area contributed by atoms with Gasteiger partial charge in [-0.05, 0) is 18.6 Å². The maximum atomic E-state index is 9.82. The lowest BCUT2D eigenvalue weighted by Crippen LogP contribution is -2.45. The van der Waals surface area contributed by atoms with Crippen LogP contribution in [0.2, 0.25) is 0 Å². The molecule has 0 spiro atoms. The summed E-state index contributed by atoms with van der Waals surface area (Å²) in [6.45, 7) is 5.66. The summed E-state index contributed by atoms with van der Waals surface area (Å²) in [4.78, 5) is 3.79. The van der Waals surface area contributed by atoms with E-state index in [1.165, 1.54) is 4.90 Å². The van der Waals surface area contributed by atoms with Gasteiger partial charge in [-0.3, -0.25) is 4.90 Å². The van der Waals surface area contributed by atoms with Crippen molar-refractivity contribution in [2.24, 2.45) is 0 Å². The van der Waals surface area contributed by atoms with Gasteiger partial charge in [-0.15, -0.1) is 11.8 Å². The predicted octanol–water partition coefficient (Wildman–Crippen LogP) is 1.31. The molecule has 3 rings (SSSR count). The zero-order valence-electron chi connectivity index (χ0n) is 9.85. The first-order chi connectivity index (χ1) is 8.33. The first-order valence-corrected chi connectivity index (χ1v) is 7.11. The van der Waals surface area contributed by atoms with Crippen LogP contribution in [0, 0.1) is 0 Å². The number of rotatable bonds is 2. The molecule has 0 radical (unpaired) electrons. The molecule has 3 nitrogen and oxygen atoms in total. The molecule has 1 saturated heterocycles. The molecule has 1 fully saturated rings. The molecule has 1 unspecified atom stereocenters. The summed E-state index contributed by atoms with van der Waals surface area (Å²) in [6, 6.07) is 5.86. The fourth-order valence-electron chi connectivity index (χ4n) is 2.60. The van der Waals surface area contributed by atoms with Crippen LogP contribution in [0.5, 0.6) is 5.75 Å². The molecule has 2 aliphatic rings. The fourth-order valence-corrected chi connectivity index (χ4v) is 3.98. The highest BCUT2D eigenvalue weighted by atomic mass is 32.2. The van der Waals surface area contributed by atoms with Crippen molar-refractivity contribution in [1.29, 1.82) is 0 Å². The molecule has 1 atom stereocenters. The van der Waals surface area contributed by atoms with Crippen LogP contribution in [0.4, 0.5) is 0 Å². The normalized spacial score (nSPS) is 24.8. The first kappa shape index (κ1) is 11.4. The Kier molecular flexibility index (Phi) is 3.27. The van der Waals surface area contributed by atoms with E-state index in [0.29, 0.717) is 11.0 Å². The van der Waals surface area contributed by atoms with Crippen molar-refractivity contribution < 1.29 is 5.11 Å². The van der Waals surface area contributed by atoms with E-state index < -0.39 is 0 Å². The molecule has 4 heteroatoms. The van der Waals surface area contributed by atoms with Crippen LogP contribution in [0.15, 0.2) is 23.1 Å². The van der Waals surface area contributed by atoms with E-state index in [9.17, 15) is 5.11 Å². The van der Waals surface area contributed by atoms with Crippen LogP contribution in [0.1, 0.15) is 5.56 Å². The Balaban J connectivity index is 1.63. The molecule has 92 valence electrons. The monoisotopic (exact) mass is 250 g/mol. The van der Waals surface area contributed by atoms with Crippen LogP contribution in [0.25, 0.3) is 0 Å². The van der Waals surface area contributed by atoms with Crippen LogP contribution in [0.3, 0.4) is 0 Å². The summed E-state index contributed by atoms with van der Waals surface area (Å²) in [5.41, 5.74) is 1.15. The summed E-state index contributed by atoms with van der Waals surface area (Å²) in [5.74, 6) is 0.470. The minimum absolute atomic E-state index is 0.470. The molecule has 2 heterocycles. The van der Waals surface area contributed by atoms with E-state index in [4.69, 9.17) is 0 Å². The maximum Gasteiger partial charge on any atom is 0.119 e. The van der Waals surface area contributed by atoms with Crippen molar-refractivity contribution >= 4 is 11.8 Å². The maximum absolute atomic E-state index is 9.82. The molecule has 0 aliphatic carbocycles. The van der Waals surface area contributed by atoms with Gasteiger partial charge in [0, 0.05) is 48.4 Å². The summed E-state index contributed by atoms with van der Waals surface area (Å²) >= 11 is 1.92. The quantitative estimate of drug-likeness (QED) is 0.830. The van der Waals surface area contributed by atoms with E-state index >= 15 is 0 Å². The SMILES string of the molecule is Oc1cccc2c1CC(CN1CCNCC1)S2. The standard InChI is InChI=1S/C13H18N2OS/c16-12-2-1-3-13-11(12)8-10(17-13)9-15-6-4-14-5-7-15/h1-3,10,14,16H,4-9H2. The number of phenolic OH excluding ortho intramolecular Hbond substituents is 1. The van der Waals surface area contributed by atoms with Crippen LogP contribution >= 0.6 is 11.8 Å². The Morgan fingerprint density at radius 1 is 1.35 bits per heavy atom. The molecule has 0 bridgehead atoms. The third kappa shape index (κ3) is 2.44. The molecule has 17 heavy (non-hydrogen) atoms. The Morgan fingerprint density at radius 2 is 2.18 bits per heavy atom. The smallest absolute Gasteiger partial charge is 0.119 e. The highest BCUT2D eigenvalue weighted by molar-refractivity contribution is 8.00. The highest BCUT2D eigenvalue weighted by Gasteiger charge is 2.26. The average Bonchev–Trinajstić information content (AvgIpc) is 2.74. The topological polar surface area (TPSA) is 35.5 Å². The molecule has 1 aromatic rings. The predicted molar refractivity (Wildman–Crippen MR) is 70.8 cm³/mol. The number of thioether (sulfide) groups is 1. The fraction of sp³-hybridized carbons (Fsp3) is 0.538. The van der Waals surface area contributed by atoms with Gasteiger partial charge in [0.1, 0.15) is 5.75 Å². The second-order valence-corrected chi connectivity index (χ2v) is 6.09. The number of nitrogens with one attached hydrogen (secondary N) is 1. The minimum atomic E-state index is 0.470. The number of fused-ring (bicyclic) bond motifs is 1. The average molecular weight is 250 g/mol. The lowest BCUT2D eigenvalue weighted by Gasteiger charge is -2.29. The van der Waals surface area contributed by atoms with Crippen LogP contribution in [-0.4, -0.2) is 48.0 Å². The Morgan fingerprint density at radius 3 is 2.94 bits per heavy atom. The van der Waals surface area contributed by atoms with Gasteiger partial charge in [-0.25, -0.2) is 0 Å². The number of phenols is 1. The van der Waals surface area contributed by atoms with E-state index in [2.05, 4.69) is 16.3 Å². The molecule has 1 aromatic carbocycles. The second-order valence-electron chi connectivity index (χ2n) is 4.75. The molecule has 2 aliphatic heterocycles. The summed E-state index contributed by atoms with van der Waals surface area (Å²) in [5, 5.41) is 13.8. The minimum Gasteiger partial charge on any atom is -0.508 e. The van der Waals surface area contributed by atoms with E-state index in [1.807, 2.05) is 17.8 Å². The van der Waals surface area contributed by atoms with E-state index in [0.717, 1.165) is 44.7 Å². The van der Waals surface area contributed by atoms with Gasteiger partial charge in [0.2, 0.25) is 0 Å². The van der Waals surface area contributed by atoms with Crippen molar-refractivity contribution in [3.8, 4) is 5.75 Å². The Hall–Kier alpha value is -0.710. The lowest BCUT2D eigenvalue weighted by molar-refractivity contribution is 0.242. The zero-order chi connectivity index (χ0) is 11.7. The number of nitrogens with zero attached hydrogens (tertiary/aromatic N) is 1. The van der Waals surface area contributed by atoms with Crippen molar-refractivity contribution in [2.45, 2.75) is 16.6 Å².